The fraction of sp³-hybridized carbons (Fsp3) is 0.500. The van der Waals surface area contributed by atoms with Crippen molar-refractivity contribution in [2.75, 3.05) is 20.8 Å². The summed E-state index contributed by atoms with van der Waals surface area (Å²) in [5.41, 5.74) is -0.171. The molecule has 1 unspecified atom stereocenters. The number of nitro groups is 1. The van der Waals surface area contributed by atoms with Crippen molar-refractivity contribution in [2.45, 2.75) is 19.5 Å². The summed E-state index contributed by atoms with van der Waals surface area (Å²) in [4.78, 5) is 11.8. The van der Waals surface area contributed by atoms with Crippen molar-refractivity contribution in [1.29, 1.82) is 0 Å². The van der Waals surface area contributed by atoms with E-state index in [1.165, 1.54) is 6.07 Å². The van der Waals surface area contributed by atoms with E-state index >= 15 is 0 Å². The zero-order valence-corrected chi connectivity index (χ0v) is 10.7. The Bertz CT molecular complexity index is 426. The molecule has 0 amide bonds. The standard InChI is InChI=1S/C12H17FN2O3/c1-9(8-18-3)14(2)7-10-5-4-6-11(12(10)13)15(16)17/h4-6,9H,7-8H2,1-3H3. The fourth-order valence-corrected chi connectivity index (χ4v) is 1.62. The monoisotopic (exact) mass is 256 g/mol. The number of ether oxygens (including phenoxy) is 1. The highest BCUT2D eigenvalue weighted by Gasteiger charge is 2.19. The number of rotatable bonds is 6. The topological polar surface area (TPSA) is 55.6 Å². The largest absolute Gasteiger partial charge is 0.383 e. The van der Waals surface area contributed by atoms with Crippen LogP contribution in [0, 0.1) is 15.9 Å². The molecule has 0 aliphatic heterocycles. The molecule has 0 fully saturated rings. The van der Waals surface area contributed by atoms with Crippen LogP contribution in [0.4, 0.5) is 10.1 Å². The van der Waals surface area contributed by atoms with Gasteiger partial charge in [-0.15, -0.1) is 0 Å². The molecule has 0 N–H and O–H groups in total. The first-order valence-corrected chi connectivity index (χ1v) is 5.58. The zero-order valence-electron chi connectivity index (χ0n) is 10.7. The van der Waals surface area contributed by atoms with Crippen molar-refractivity contribution < 1.29 is 14.1 Å². The summed E-state index contributed by atoms with van der Waals surface area (Å²) in [6.07, 6.45) is 0. The van der Waals surface area contributed by atoms with Gasteiger partial charge in [0.2, 0.25) is 5.82 Å². The Balaban J connectivity index is 2.85. The van der Waals surface area contributed by atoms with Crippen LogP contribution in [0.5, 0.6) is 0 Å². The Kier molecular flexibility index (Phi) is 5.18. The predicted molar refractivity (Wildman–Crippen MR) is 65.9 cm³/mol. The van der Waals surface area contributed by atoms with E-state index in [2.05, 4.69) is 0 Å². The van der Waals surface area contributed by atoms with Crippen LogP contribution in [0.3, 0.4) is 0 Å². The van der Waals surface area contributed by atoms with Crippen LogP contribution in [-0.4, -0.2) is 36.6 Å². The van der Waals surface area contributed by atoms with Crippen LogP contribution >= 0.6 is 0 Å². The third-order valence-electron chi connectivity index (χ3n) is 2.84. The normalized spacial score (nSPS) is 12.7. The minimum absolute atomic E-state index is 0.105. The van der Waals surface area contributed by atoms with E-state index in [1.54, 1.807) is 13.2 Å². The Morgan fingerprint density at radius 3 is 2.78 bits per heavy atom. The van der Waals surface area contributed by atoms with E-state index in [-0.39, 0.29) is 6.04 Å². The number of methoxy groups -OCH3 is 1. The van der Waals surface area contributed by atoms with Gasteiger partial charge in [0.1, 0.15) is 0 Å². The molecular weight excluding hydrogens is 239 g/mol. The average molecular weight is 256 g/mol. The van der Waals surface area contributed by atoms with Gasteiger partial charge >= 0.3 is 5.69 Å². The molecule has 0 radical (unpaired) electrons. The van der Waals surface area contributed by atoms with Crippen molar-refractivity contribution >= 4 is 5.69 Å². The van der Waals surface area contributed by atoms with Gasteiger partial charge in [-0.05, 0) is 14.0 Å². The third kappa shape index (κ3) is 3.48. The molecular formula is C12H17FN2O3. The third-order valence-corrected chi connectivity index (χ3v) is 2.84. The van der Waals surface area contributed by atoms with Gasteiger partial charge in [0.05, 0.1) is 11.5 Å². The highest BCUT2D eigenvalue weighted by molar-refractivity contribution is 5.36. The minimum Gasteiger partial charge on any atom is -0.383 e. The Hall–Kier alpha value is -1.53. The maximum atomic E-state index is 13.8. The van der Waals surface area contributed by atoms with Crippen LogP contribution in [0.1, 0.15) is 12.5 Å². The van der Waals surface area contributed by atoms with Gasteiger partial charge in [0.25, 0.3) is 0 Å². The molecule has 0 saturated heterocycles. The van der Waals surface area contributed by atoms with E-state index in [0.717, 1.165) is 6.07 Å². The maximum Gasteiger partial charge on any atom is 0.305 e. The van der Waals surface area contributed by atoms with E-state index in [4.69, 9.17) is 4.74 Å². The number of hydrogen-bond acceptors (Lipinski definition) is 4. The second-order valence-corrected chi connectivity index (χ2v) is 4.23. The lowest BCUT2D eigenvalue weighted by Gasteiger charge is -2.24. The summed E-state index contributed by atoms with van der Waals surface area (Å²) in [7, 11) is 3.42. The van der Waals surface area contributed by atoms with Crippen molar-refractivity contribution in [3.63, 3.8) is 0 Å². The van der Waals surface area contributed by atoms with Crippen LogP contribution in [0.25, 0.3) is 0 Å². The number of nitro benzene ring substituents is 1. The number of hydrogen-bond donors (Lipinski definition) is 0. The summed E-state index contributed by atoms with van der Waals surface area (Å²) >= 11 is 0. The molecule has 18 heavy (non-hydrogen) atoms. The second-order valence-electron chi connectivity index (χ2n) is 4.23. The van der Waals surface area contributed by atoms with Crippen LogP contribution in [0.15, 0.2) is 18.2 Å². The van der Waals surface area contributed by atoms with Crippen LogP contribution in [0.2, 0.25) is 0 Å². The molecule has 0 aromatic heterocycles. The van der Waals surface area contributed by atoms with Gasteiger partial charge in [-0.2, -0.15) is 4.39 Å². The van der Waals surface area contributed by atoms with E-state index in [0.29, 0.717) is 18.7 Å². The fourth-order valence-electron chi connectivity index (χ4n) is 1.62. The molecule has 1 aromatic carbocycles. The van der Waals surface area contributed by atoms with Gasteiger partial charge in [0, 0.05) is 31.3 Å². The van der Waals surface area contributed by atoms with Crippen molar-refractivity contribution in [2.24, 2.45) is 0 Å². The first-order valence-electron chi connectivity index (χ1n) is 5.58. The smallest absolute Gasteiger partial charge is 0.305 e. The summed E-state index contributed by atoms with van der Waals surface area (Å²) in [6.45, 7) is 2.77. The van der Waals surface area contributed by atoms with Crippen LogP contribution in [-0.2, 0) is 11.3 Å². The number of likely N-dealkylation sites (N-methyl/N-ethyl adjacent to an activating group) is 1. The number of benzene rings is 1. The van der Waals surface area contributed by atoms with Crippen molar-refractivity contribution in [3.8, 4) is 0 Å². The zero-order chi connectivity index (χ0) is 13.7. The Morgan fingerprint density at radius 2 is 2.22 bits per heavy atom. The molecule has 0 heterocycles. The summed E-state index contributed by atoms with van der Waals surface area (Å²) in [5.74, 6) is -0.765. The quantitative estimate of drug-likeness (QED) is 0.578. The Labute approximate surface area is 105 Å². The first-order chi connectivity index (χ1) is 8.47. The van der Waals surface area contributed by atoms with Crippen LogP contribution < -0.4 is 0 Å². The second kappa shape index (κ2) is 6.42. The molecule has 6 heteroatoms. The van der Waals surface area contributed by atoms with Gasteiger partial charge in [-0.3, -0.25) is 15.0 Å². The van der Waals surface area contributed by atoms with Gasteiger partial charge < -0.3 is 4.74 Å². The lowest BCUT2D eigenvalue weighted by Crippen LogP contribution is -2.32. The maximum absolute atomic E-state index is 13.8. The summed E-state index contributed by atoms with van der Waals surface area (Å²) < 4.78 is 18.8. The summed E-state index contributed by atoms with van der Waals surface area (Å²) in [5, 5.41) is 10.6. The molecule has 0 aliphatic carbocycles. The minimum atomic E-state index is -0.765. The van der Waals surface area contributed by atoms with E-state index in [1.807, 2.05) is 18.9 Å². The molecule has 0 aliphatic rings. The van der Waals surface area contributed by atoms with Gasteiger partial charge in [-0.1, -0.05) is 12.1 Å². The number of halogens is 1. The number of nitrogens with zero attached hydrogens (tertiary/aromatic N) is 2. The Morgan fingerprint density at radius 1 is 1.56 bits per heavy atom. The molecule has 0 spiro atoms. The molecule has 5 nitrogen and oxygen atoms in total. The highest BCUT2D eigenvalue weighted by atomic mass is 19.1. The molecule has 0 bridgehead atoms. The summed E-state index contributed by atoms with van der Waals surface area (Å²) in [6, 6.07) is 4.31. The molecule has 100 valence electrons. The predicted octanol–water partition coefficient (Wildman–Crippen LogP) is 2.20. The molecule has 1 rings (SSSR count). The lowest BCUT2D eigenvalue weighted by molar-refractivity contribution is -0.387. The highest BCUT2D eigenvalue weighted by Crippen LogP contribution is 2.21. The molecule has 1 atom stereocenters. The van der Waals surface area contributed by atoms with E-state index in [9.17, 15) is 14.5 Å². The molecule has 0 saturated carbocycles. The SMILES string of the molecule is COCC(C)N(C)Cc1cccc([N+](=O)[O-])c1F. The molecule has 1 aromatic rings. The lowest BCUT2D eigenvalue weighted by atomic mass is 10.1. The first kappa shape index (κ1) is 14.5. The van der Waals surface area contributed by atoms with Crippen molar-refractivity contribution in [3.05, 3.63) is 39.7 Å². The average Bonchev–Trinajstić information content (AvgIpc) is 2.31. The van der Waals surface area contributed by atoms with Gasteiger partial charge in [0.15, 0.2) is 0 Å². The van der Waals surface area contributed by atoms with E-state index < -0.39 is 16.4 Å². The van der Waals surface area contributed by atoms with Crippen molar-refractivity contribution in [1.82, 2.24) is 4.90 Å². The van der Waals surface area contributed by atoms with Gasteiger partial charge in [-0.25, -0.2) is 0 Å².